The molecule has 3 amide bonds. The number of aromatic nitrogens is 1. The van der Waals surface area contributed by atoms with Gasteiger partial charge >= 0.3 is 12.1 Å². The van der Waals surface area contributed by atoms with Crippen molar-refractivity contribution in [1.29, 1.82) is 0 Å². The van der Waals surface area contributed by atoms with Gasteiger partial charge in [0.15, 0.2) is 0 Å². The number of methoxy groups -OCH3 is 1. The summed E-state index contributed by atoms with van der Waals surface area (Å²) in [5.41, 5.74) is 0.150. The van der Waals surface area contributed by atoms with Crippen LogP contribution in [0.2, 0.25) is 0 Å². The molecule has 2 fully saturated rings. The average molecular weight is 320 g/mol. The molecule has 1 aromatic heterocycles. The van der Waals surface area contributed by atoms with Gasteiger partial charge in [-0.2, -0.15) is 0 Å². The Morgan fingerprint density at radius 1 is 1.43 bits per heavy atom. The van der Waals surface area contributed by atoms with Crippen molar-refractivity contribution >= 4 is 17.8 Å². The van der Waals surface area contributed by atoms with E-state index in [4.69, 9.17) is 9.47 Å². The highest BCUT2D eigenvalue weighted by molar-refractivity contribution is 5.89. The van der Waals surface area contributed by atoms with Crippen LogP contribution in [0.3, 0.4) is 0 Å². The highest BCUT2D eigenvalue weighted by Gasteiger charge is 2.41. The van der Waals surface area contributed by atoms with E-state index < -0.39 is 5.60 Å². The van der Waals surface area contributed by atoms with Crippen LogP contribution >= 0.6 is 0 Å². The van der Waals surface area contributed by atoms with Crippen molar-refractivity contribution in [2.24, 2.45) is 0 Å². The van der Waals surface area contributed by atoms with E-state index in [1.54, 1.807) is 30.3 Å². The van der Waals surface area contributed by atoms with Gasteiger partial charge in [0.2, 0.25) is 5.88 Å². The molecule has 1 aromatic rings. The summed E-state index contributed by atoms with van der Waals surface area (Å²) in [6.45, 7) is 1.70. The molecule has 3 heterocycles. The van der Waals surface area contributed by atoms with Crippen LogP contribution in [0.15, 0.2) is 18.3 Å². The summed E-state index contributed by atoms with van der Waals surface area (Å²) in [7, 11) is 1.54. The van der Waals surface area contributed by atoms with E-state index in [1.165, 1.54) is 0 Å². The van der Waals surface area contributed by atoms with Gasteiger partial charge < -0.3 is 25.0 Å². The number of hydrogen-bond donors (Lipinski definition) is 2. The quantitative estimate of drug-likeness (QED) is 0.863. The summed E-state index contributed by atoms with van der Waals surface area (Å²) in [4.78, 5) is 29.5. The van der Waals surface area contributed by atoms with Gasteiger partial charge in [-0.05, 0) is 18.9 Å². The van der Waals surface area contributed by atoms with Gasteiger partial charge in [-0.15, -0.1) is 0 Å². The van der Waals surface area contributed by atoms with Crippen LogP contribution in [0, 0.1) is 0 Å². The summed E-state index contributed by atoms with van der Waals surface area (Å²) >= 11 is 0. The number of hydrogen-bond acceptors (Lipinski definition) is 5. The first-order chi connectivity index (χ1) is 11.1. The second-order valence-electron chi connectivity index (χ2n) is 5.79. The van der Waals surface area contributed by atoms with E-state index in [2.05, 4.69) is 15.6 Å². The number of urea groups is 1. The van der Waals surface area contributed by atoms with Gasteiger partial charge in [0.1, 0.15) is 5.60 Å². The third-order valence-electron chi connectivity index (χ3n) is 4.25. The summed E-state index contributed by atoms with van der Waals surface area (Å²) < 4.78 is 10.4. The molecule has 0 unspecified atom stereocenters. The SMILES string of the molecule is COc1ccc(NC(=O)N2CCC[C@]3(CC2)CNC(=O)O3)cn1. The highest BCUT2D eigenvalue weighted by atomic mass is 16.6. The largest absolute Gasteiger partial charge is 0.481 e. The number of rotatable bonds is 2. The summed E-state index contributed by atoms with van der Waals surface area (Å²) in [5.74, 6) is 0.496. The van der Waals surface area contributed by atoms with E-state index in [1.807, 2.05) is 0 Å². The van der Waals surface area contributed by atoms with E-state index >= 15 is 0 Å². The van der Waals surface area contributed by atoms with Gasteiger partial charge in [0.05, 0.1) is 25.5 Å². The minimum absolute atomic E-state index is 0.175. The molecule has 124 valence electrons. The fourth-order valence-corrected chi connectivity index (χ4v) is 2.93. The lowest BCUT2D eigenvalue weighted by Crippen LogP contribution is -2.38. The molecule has 0 saturated carbocycles. The molecule has 23 heavy (non-hydrogen) atoms. The first-order valence-electron chi connectivity index (χ1n) is 7.63. The smallest absolute Gasteiger partial charge is 0.407 e. The topological polar surface area (TPSA) is 92.8 Å². The molecule has 8 heteroatoms. The van der Waals surface area contributed by atoms with Crippen molar-refractivity contribution < 1.29 is 19.1 Å². The molecule has 1 spiro atoms. The summed E-state index contributed by atoms with van der Waals surface area (Å²) in [6.07, 6.45) is 3.38. The van der Waals surface area contributed by atoms with Crippen LogP contribution in [0.5, 0.6) is 5.88 Å². The first-order valence-corrected chi connectivity index (χ1v) is 7.63. The minimum Gasteiger partial charge on any atom is -0.481 e. The molecule has 0 bridgehead atoms. The Labute approximate surface area is 134 Å². The summed E-state index contributed by atoms with van der Waals surface area (Å²) in [5, 5.41) is 5.53. The fraction of sp³-hybridized carbons (Fsp3) is 0.533. The Balaban J connectivity index is 1.58. The molecule has 2 aliphatic heterocycles. The van der Waals surface area contributed by atoms with Gasteiger partial charge in [-0.25, -0.2) is 14.6 Å². The van der Waals surface area contributed by atoms with Crippen LogP contribution < -0.4 is 15.4 Å². The molecule has 0 aromatic carbocycles. The molecular weight excluding hydrogens is 300 g/mol. The van der Waals surface area contributed by atoms with E-state index in [9.17, 15) is 9.59 Å². The van der Waals surface area contributed by atoms with Crippen molar-refractivity contribution in [2.75, 3.05) is 32.1 Å². The molecule has 3 rings (SSSR count). The van der Waals surface area contributed by atoms with Gasteiger partial charge in [-0.3, -0.25) is 0 Å². The lowest BCUT2D eigenvalue weighted by Gasteiger charge is -2.25. The van der Waals surface area contributed by atoms with Gasteiger partial charge in [-0.1, -0.05) is 0 Å². The number of carbonyl (C=O) groups is 2. The second-order valence-corrected chi connectivity index (χ2v) is 5.79. The van der Waals surface area contributed by atoms with Crippen LogP contribution in [-0.2, 0) is 4.74 Å². The molecule has 1 atom stereocenters. The number of carbonyl (C=O) groups excluding carboxylic acids is 2. The third-order valence-corrected chi connectivity index (χ3v) is 4.25. The maximum Gasteiger partial charge on any atom is 0.407 e. The average Bonchev–Trinajstić information content (AvgIpc) is 2.79. The molecule has 0 radical (unpaired) electrons. The van der Waals surface area contributed by atoms with Crippen molar-refractivity contribution in [3.63, 3.8) is 0 Å². The van der Waals surface area contributed by atoms with E-state index in [0.717, 1.165) is 12.8 Å². The van der Waals surface area contributed by atoms with Crippen molar-refractivity contribution in [3.05, 3.63) is 18.3 Å². The number of likely N-dealkylation sites (tertiary alicyclic amines) is 1. The Bertz CT molecular complexity index is 592. The number of nitrogens with zero attached hydrogens (tertiary/aromatic N) is 2. The van der Waals surface area contributed by atoms with E-state index in [0.29, 0.717) is 37.6 Å². The fourth-order valence-electron chi connectivity index (χ4n) is 2.93. The predicted molar refractivity (Wildman–Crippen MR) is 82.4 cm³/mol. The molecule has 2 aliphatic rings. The van der Waals surface area contributed by atoms with Gasteiger partial charge in [0, 0.05) is 25.6 Å². The molecular formula is C15H20N4O4. The maximum atomic E-state index is 12.4. The van der Waals surface area contributed by atoms with Crippen molar-refractivity contribution in [1.82, 2.24) is 15.2 Å². The lowest BCUT2D eigenvalue weighted by molar-refractivity contribution is 0.0454. The number of pyridine rings is 1. The zero-order chi connectivity index (χ0) is 16.3. The maximum absolute atomic E-state index is 12.4. The highest BCUT2D eigenvalue weighted by Crippen LogP contribution is 2.29. The summed E-state index contributed by atoms with van der Waals surface area (Å²) in [6, 6.07) is 3.26. The standard InChI is InChI=1S/C15H20N4O4/c1-22-12-4-3-11(9-16-12)18-13(20)19-7-2-5-15(6-8-19)10-17-14(21)23-15/h3-4,9H,2,5-8,10H2,1H3,(H,17,21)(H,18,20)/t15-/m0/s1. The molecule has 8 nitrogen and oxygen atoms in total. The van der Waals surface area contributed by atoms with Crippen LogP contribution in [0.25, 0.3) is 0 Å². The number of ether oxygens (including phenoxy) is 2. The number of nitrogens with one attached hydrogen (secondary N) is 2. The predicted octanol–water partition coefficient (Wildman–Crippen LogP) is 1.59. The van der Waals surface area contributed by atoms with E-state index in [-0.39, 0.29) is 12.1 Å². The Hall–Kier alpha value is -2.51. The number of anilines is 1. The Kier molecular flexibility index (Phi) is 4.22. The normalized spacial score (nSPS) is 23.9. The Morgan fingerprint density at radius 2 is 2.30 bits per heavy atom. The number of alkyl carbamates (subject to hydrolysis) is 1. The first kappa shape index (κ1) is 15.4. The van der Waals surface area contributed by atoms with Crippen LogP contribution in [0.4, 0.5) is 15.3 Å². The molecule has 2 N–H and O–H groups in total. The van der Waals surface area contributed by atoms with Crippen LogP contribution in [0.1, 0.15) is 19.3 Å². The van der Waals surface area contributed by atoms with Crippen molar-refractivity contribution in [3.8, 4) is 5.88 Å². The van der Waals surface area contributed by atoms with Crippen molar-refractivity contribution in [2.45, 2.75) is 24.9 Å². The molecule has 0 aliphatic carbocycles. The zero-order valence-electron chi connectivity index (χ0n) is 13.0. The third kappa shape index (κ3) is 3.46. The van der Waals surface area contributed by atoms with Gasteiger partial charge in [0.25, 0.3) is 0 Å². The second kappa shape index (κ2) is 6.31. The monoisotopic (exact) mass is 320 g/mol. The lowest BCUT2D eigenvalue weighted by atomic mass is 9.95. The minimum atomic E-state index is -0.465. The Morgan fingerprint density at radius 3 is 2.96 bits per heavy atom. The number of amides is 3. The zero-order valence-corrected chi connectivity index (χ0v) is 13.0. The van der Waals surface area contributed by atoms with Crippen LogP contribution in [-0.4, -0.2) is 54.4 Å². The molecule has 2 saturated heterocycles.